The van der Waals surface area contributed by atoms with Crippen LogP contribution in [0.1, 0.15) is 38.7 Å². The molecule has 0 aromatic heterocycles. The number of methoxy groups -OCH3 is 1. The summed E-state index contributed by atoms with van der Waals surface area (Å²) in [4.78, 5) is 0. The van der Waals surface area contributed by atoms with Crippen molar-refractivity contribution in [3.8, 4) is 0 Å². The SMILES string of the molecule is CC[Si](CC)(CC)OC1(OC)CC1c1ccccc1. The first kappa shape index (κ1) is 14.8. The number of hydrogen-bond acceptors (Lipinski definition) is 2. The van der Waals surface area contributed by atoms with Gasteiger partial charge in [-0.1, -0.05) is 51.1 Å². The van der Waals surface area contributed by atoms with E-state index < -0.39 is 8.32 Å². The van der Waals surface area contributed by atoms with Crippen LogP contribution in [0.4, 0.5) is 0 Å². The van der Waals surface area contributed by atoms with Gasteiger partial charge in [0.15, 0.2) is 14.1 Å². The highest BCUT2D eigenvalue weighted by molar-refractivity contribution is 6.73. The quantitative estimate of drug-likeness (QED) is 0.538. The Morgan fingerprint density at radius 2 is 1.68 bits per heavy atom. The molecule has 1 aliphatic carbocycles. The van der Waals surface area contributed by atoms with Crippen molar-refractivity contribution in [3.63, 3.8) is 0 Å². The van der Waals surface area contributed by atoms with Gasteiger partial charge in [-0.3, -0.25) is 0 Å². The second-order valence-electron chi connectivity index (χ2n) is 5.53. The third-order valence-electron chi connectivity index (χ3n) is 4.73. The van der Waals surface area contributed by atoms with Crippen molar-refractivity contribution in [2.45, 2.75) is 57.0 Å². The summed E-state index contributed by atoms with van der Waals surface area (Å²) < 4.78 is 12.4. The van der Waals surface area contributed by atoms with Gasteiger partial charge in [0.2, 0.25) is 0 Å². The fourth-order valence-corrected chi connectivity index (χ4v) is 5.97. The monoisotopic (exact) mass is 278 g/mol. The van der Waals surface area contributed by atoms with Gasteiger partial charge in [0, 0.05) is 19.4 Å². The Morgan fingerprint density at radius 1 is 1.11 bits per heavy atom. The fourth-order valence-electron chi connectivity index (χ4n) is 3.00. The van der Waals surface area contributed by atoms with E-state index in [4.69, 9.17) is 9.16 Å². The first-order chi connectivity index (χ1) is 9.15. The average Bonchev–Trinajstić information content (AvgIpc) is 3.21. The van der Waals surface area contributed by atoms with Crippen LogP contribution in [0.3, 0.4) is 0 Å². The molecule has 1 saturated carbocycles. The molecule has 0 radical (unpaired) electrons. The predicted octanol–water partition coefficient (Wildman–Crippen LogP) is 4.54. The Bertz CT molecular complexity index is 394. The lowest BCUT2D eigenvalue weighted by molar-refractivity contribution is -0.0926. The van der Waals surface area contributed by atoms with Gasteiger partial charge in [0.25, 0.3) is 0 Å². The van der Waals surface area contributed by atoms with Gasteiger partial charge < -0.3 is 9.16 Å². The molecule has 2 nitrogen and oxygen atoms in total. The summed E-state index contributed by atoms with van der Waals surface area (Å²) in [6, 6.07) is 14.1. The van der Waals surface area contributed by atoms with Gasteiger partial charge in [0.05, 0.1) is 0 Å². The van der Waals surface area contributed by atoms with Gasteiger partial charge >= 0.3 is 0 Å². The summed E-state index contributed by atoms with van der Waals surface area (Å²) in [5, 5.41) is 0. The lowest BCUT2D eigenvalue weighted by Crippen LogP contribution is -2.42. The maximum absolute atomic E-state index is 6.62. The highest BCUT2D eigenvalue weighted by Crippen LogP contribution is 2.56. The molecule has 2 rings (SSSR count). The van der Waals surface area contributed by atoms with Crippen LogP contribution >= 0.6 is 0 Å². The third kappa shape index (κ3) is 2.78. The van der Waals surface area contributed by atoms with Crippen LogP contribution in [0, 0.1) is 0 Å². The lowest BCUT2D eigenvalue weighted by atomic mass is 10.1. The first-order valence-electron chi connectivity index (χ1n) is 7.45. The van der Waals surface area contributed by atoms with Crippen molar-refractivity contribution in [2.24, 2.45) is 0 Å². The molecule has 1 aromatic carbocycles. The molecule has 1 fully saturated rings. The third-order valence-corrected chi connectivity index (χ3v) is 9.37. The molecule has 0 spiro atoms. The normalized spacial score (nSPS) is 26.4. The number of ether oxygens (including phenoxy) is 1. The molecule has 106 valence electrons. The van der Waals surface area contributed by atoms with E-state index in [-0.39, 0.29) is 5.79 Å². The highest BCUT2D eigenvalue weighted by Gasteiger charge is 2.60. The van der Waals surface area contributed by atoms with Crippen molar-refractivity contribution in [1.29, 1.82) is 0 Å². The Hall–Kier alpha value is -0.643. The molecule has 1 aliphatic rings. The van der Waals surface area contributed by atoms with Crippen LogP contribution in [0.15, 0.2) is 30.3 Å². The van der Waals surface area contributed by atoms with Crippen molar-refractivity contribution in [3.05, 3.63) is 35.9 Å². The molecule has 0 N–H and O–H groups in total. The number of benzene rings is 1. The van der Waals surface area contributed by atoms with Gasteiger partial charge in [-0.25, -0.2) is 0 Å². The van der Waals surface area contributed by atoms with Crippen molar-refractivity contribution >= 4 is 8.32 Å². The molecule has 0 aliphatic heterocycles. The van der Waals surface area contributed by atoms with E-state index in [1.807, 2.05) is 0 Å². The largest absolute Gasteiger partial charge is 0.389 e. The summed E-state index contributed by atoms with van der Waals surface area (Å²) in [5.74, 6) is 0.0746. The van der Waals surface area contributed by atoms with Crippen LogP contribution < -0.4 is 0 Å². The number of hydrogen-bond donors (Lipinski definition) is 0. The standard InChI is InChI=1S/C16H26O2Si/c1-5-19(6-2,7-3)18-16(17-4)13-15(16)14-11-9-8-10-12-14/h8-12,15H,5-7,13H2,1-4H3. The Labute approximate surface area is 118 Å². The molecule has 0 amide bonds. The summed E-state index contributed by atoms with van der Waals surface area (Å²) in [7, 11) is 0.184. The summed E-state index contributed by atoms with van der Waals surface area (Å²) in [6.45, 7) is 6.80. The zero-order valence-corrected chi connectivity index (χ0v) is 13.6. The Kier molecular flexibility index (Phi) is 4.49. The van der Waals surface area contributed by atoms with Crippen LogP contribution in [0.25, 0.3) is 0 Å². The maximum Gasteiger partial charge on any atom is 0.195 e. The first-order valence-corrected chi connectivity index (χ1v) is 9.98. The molecule has 1 aromatic rings. The minimum atomic E-state index is -1.61. The highest BCUT2D eigenvalue weighted by atomic mass is 28.4. The maximum atomic E-state index is 6.62. The van der Waals surface area contributed by atoms with Crippen LogP contribution in [-0.2, 0) is 9.16 Å². The molecule has 3 heteroatoms. The fraction of sp³-hybridized carbons (Fsp3) is 0.625. The van der Waals surface area contributed by atoms with Crippen LogP contribution in [-0.4, -0.2) is 21.2 Å². The topological polar surface area (TPSA) is 18.5 Å². The van der Waals surface area contributed by atoms with E-state index in [9.17, 15) is 0 Å². The molecule has 0 heterocycles. The summed E-state index contributed by atoms with van der Waals surface area (Å²) in [6.07, 6.45) is 1.00. The molecule has 2 unspecified atom stereocenters. The van der Waals surface area contributed by atoms with Crippen LogP contribution in [0.2, 0.25) is 18.1 Å². The Balaban J connectivity index is 2.14. The molecule has 2 atom stereocenters. The second kappa shape index (κ2) is 5.78. The van der Waals surface area contributed by atoms with E-state index >= 15 is 0 Å². The van der Waals surface area contributed by atoms with Gasteiger partial charge in [-0.15, -0.1) is 0 Å². The molecule has 19 heavy (non-hydrogen) atoms. The average molecular weight is 278 g/mol. The molecular weight excluding hydrogens is 252 g/mol. The lowest BCUT2D eigenvalue weighted by Gasteiger charge is -2.33. The van der Waals surface area contributed by atoms with Crippen molar-refractivity contribution in [1.82, 2.24) is 0 Å². The van der Waals surface area contributed by atoms with Gasteiger partial charge in [-0.2, -0.15) is 0 Å². The zero-order valence-electron chi connectivity index (χ0n) is 12.6. The van der Waals surface area contributed by atoms with E-state index in [0.717, 1.165) is 6.42 Å². The predicted molar refractivity (Wildman–Crippen MR) is 81.8 cm³/mol. The molecule has 0 saturated heterocycles. The zero-order chi connectivity index (χ0) is 13.9. The number of rotatable bonds is 7. The van der Waals surface area contributed by atoms with E-state index in [1.165, 1.54) is 23.7 Å². The summed E-state index contributed by atoms with van der Waals surface area (Å²) in [5.41, 5.74) is 1.34. The minimum Gasteiger partial charge on any atom is -0.389 e. The van der Waals surface area contributed by atoms with Gasteiger partial charge in [0.1, 0.15) is 0 Å². The molecule has 0 bridgehead atoms. The van der Waals surface area contributed by atoms with Gasteiger partial charge in [-0.05, 0) is 23.7 Å². The van der Waals surface area contributed by atoms with Crippen molar-refractivity contribution in [2.75, 3.05) is 7.11 Å². The minimum absolute atomic E-state index is 0.338. The summed E-state index contributed by atoms with van der Waals surface area (Å²) >= 11 is 0. The smallest absolute Gasteiger partial charge is 0.195 e. The van der Waals surface area contributed by atoms with Crippen LogP contribution in [0.5, 0.6) is 0 Å². The Morgan fingerprint density at radius 3 is 2.16 bits per heavy atom. The van der Waals surface area contributed by atoms with E-state index in [1.54, 1.807) is 7.11 Å². The van der Waals surface area contributed by atoms with Crippen molar-refractivity contribution < 1.29 is 9.16 Å². The molecular formula is C16H26O2Si. The van der Waals surface area contributed by atoms with E-state index in [2.05, 4.69) is 51.1 Å². The second-order valence-corrected chi connectivity index (χ2v) is 10.2. The van der Waals surface area contributed by atoms with E-state index in [0.29, 0.717) is 5.92 Å².